The number of carboxylic acids is 1. The van der Waals surface area contributed by atoms with E-state index < -0.39 is 21.2 Å². The summed E-state index contributed by atoms with van der Waals surface area (Å²) in [5.74, 6) is -1.38. The maximum atomic E-state index is 10.6. The molecule has 0 radical (unpaired) electrons. The van der Waals surface area contributed by atoms with Crippen LogP contribution in [0.3, 0.4) is 0 Å². The van der Waals surface area contributed by atoms with E-state index in [2.05, 4.69) is 5.14 Å². The molecule has 0 aliphatic rings. The minimum Gasteiger partial charge on any atom is -0.480 e. The summed E-state index contributed by atoms with van der Waals surface area (Å²) in [6.45, 7) is 1.70. The zero-order valence-corrected chi connectivity index (χ0v) is 6.97. The van der Waals surface area contributed by atoms with Crippen molar-refractivity contribution in [1.29, 1.82) is 0 Å². The summed E-state index contributed by atoms with van der Waals surface area (Å²) in [6, 6.07) is 0. The maximum absolute atomic E-state index is 10.6. The Balaban J connectivity index is 4.49. The number of carbonyl (C=O) groups is 1. The van der Waals surface area contributed by atoms with E-state index in [1.165, 1.54) is 0 Å². The number of nitrogens with two attached hydrogens (primary N) is 1. The van der Waals surface area contributed by atoms with Gasteiger partial charge in [-0.15, -0.1) is 0 Å². The van der Waals surface area contributed by atoms with Crippen molar-refractivity contribution in [3.8, 4) is 0 Å². The van der Waals surface area contributed by atoms with Gasteiger partial charge in [0.25, 0.3) is 0 Å². The first-order valence-electron chi connectivity index (χ1n) is 3.14. The molecule has 0 spiro atoms. The molecular weight excluding hydrogens is 170 g/mol. The molecule has 66 valence electrons. The zero-order valence-electron chi connectivity index (χ0n) is 6.15. The van der Waals surface area contributed by atoms with Crippen LogP contribution in [0.5, 0.6) is 0 Å². The average molecular weight is 181 g/mol. The van der Waals surface area contributed by atoms with E-state index in [0.29, 0.717) is 6.42 Å². The normalized spacial score (nSPS) is 14.4. The fraction of sp³-hybridized carbons (Fsp3) is 0.800. The Labute approximate surface area is 65.3 Å². The van der Waals surface area contributed by atoms with Crippen LogP contribution in [-0.2, 0) is 14.8 Å². The predicted molar refractivity (Wildman–Crippen MR) is 39.4 cm³/mol. The van der Waals surface area contributed by atoms with Crippen LogP contribution in [0.25, 0.3) is 0 Å². The van der Waals surface area contributed by atoms with Gasteiger partial charge in [0.1, 0.15) is 0 Å². The summed E-state index contributed by atoms with van der Waals surface area (Å²) in [4.78, 5) is 10.3. The van der Waals surface area contributed by atoms with Crippen molar-refractivity contribution in [3.63, 3.8) is 0 Å². The largest absolute Gasteiger partial charge is 0.480 e. The lowest BCUT2D eigenvalue weighted by Gasteiger charge is -2.06. The van der Waals surface area contributed by atoms with E-state index in [0.717, 1.165) is 0 Å². The van der Waals surface area contributed by atoms with E-state index in [4.69, 9.17) is 5.11 Å². The van der Waals surface area contributed by atoms with Gasteiger partial charge in [0.2, 0.25) is 10.0 Å². The number of aliphatic carboxylic acids is 1. The van der Waals surface area contributed by atoms with Gasteiger partial charge < -0.3 is 5.11 Å². The molecule has 3 N–H and O–H groups in total. The van der Waals surface area contributed by atoms with Crippen molar-refractivity contribution in [1.82, 2.24) is 0 Å². The second-order valence-corrected chi connectivity index (χ2v) is 3.95. The number of rotatable bonds is 4. The number of carboxylic acid groups (broad SMARTS) is 1. The van der Waals surface area contributed by atoms with Gasteiger partial charge in [-0.05, 0) is 6.42 Å². The Morgan fingerprint density at radius 2 is 2.09 bits per heavy atom. The molecule has 0 aromatic carbocycles. The predicted octanol–water partition coefficient (Wildman–Crippen LogP) is -0.472. The lowest BCUT2D eigenvalue weighted by molar-refractivity contribution is -0.136. The van der Waals surface area contributed by atoms with Crippen molar-refractivity contribution >= 4 is 16.0 Å². The fourth-order valence-corrected chi connectivity index (χ4v) is 1.54. The monoisotopic (exact) mass is 181 g/mol. The molecule has 0 aromatic rings. The first kappa shape index (κ1) is 10.4. The first-order valence-corrected chi connectivity index (χ1v) is 4.75. The standard InChI is InChI=1S/C5H11NO4S/c1-2-3-4(5(7)8)11(6,9)10/h4H,2-3H2,1H3,(H,7,8)(H2,6,9,10)/t4-/m0/s1. The number of primary sulfonamides is 1. The highest BCUT2D eigenvalue weighted by molar-refractivity contribution is 7.90. The minimum atomic E-state index is -3.93. The van der Waals surface area contributed by atoms with Crippen LogP contribution in [0.1, 0.15) is 19.8 Å². The number of hydrogen-bond acceptors (Lipinski definition) is 3. The summed E-state index contributed by atoms with van der Waals surface area (Å²) in [6.07, 6.45) is 0.543. The summed E-state index contributed by atoms with van der Waals surface area (Å²) in [5, 5.41) is 11.6. The Morgan fingerprint density at radius 3 is 2.18 bits per heavy atom. The van der Waals surface area contributed by atoms with Crippen LogP contribution >= 0.6 is 0 Å². The van der Waals surface area contributed by atoms with Gasteiger partial charge in [-0.2, -0.15) is 0 Å². The molecule has 0 fully saturated rings. The topological polar surface area (TPSA) is 97.5 Å². The highest BCUT2D eigenvalue weighted by Gasteiger charge is 2.27. The van der Waals surface area contributed by atoms with Crippen LogP contribution in [-0.4, -0.2) is 24.7 Å². The van der Waals surface area contributed by atoms with Gasteiger partial charge in [0, 0.05) is 0 Å². The molecule has 1 atom stereocenters. The molecule has 11 heavy (non-hydrogen) atoms. The van der Waals surface area contributed by atoms with Crippen molar-refractivity contribution < 1.29 is 18.3 Å². The van der Waals surface area contributed by atoms with Gasteiger partial charge in [0.05, 0.1) is 0 Å². The third kappa shape index (κ3) is 3.33. The lowest BCUT2D eigenvalue weighted by atomic mass is 10.2. The van der Waals surface area contributed by atoms with Crippen molar-refractivity contribution in [2.45, 2.75) is 25.0 Å². The lowest BCUT2D eigenvalue weighted by Crippen LogP contribution is -2.35. The SMILES string of the molecule is CCC[C@@H](C(=O)O)S(N)(=O)=O. The molecule has 0 rings (SSSR count). The Bertz CT molecular complexity index is 233. The van der Waals surface area contributed by atoms with Gasteiger partial charge in [-0.1, -0.05) is 13.3 Å². The third-order valence-corrected chi connectivity index (χ3v) is 2.45. The maximum Gasteiger partial charge on any atom is 0.323 e. The zero-order chi connectivity index (χ0) is 9.07. The van der Waals surface area contributed by atoms with Crippen LogP contribution in [0.4, 0.5) is 0 Å². The Kier molecular flexibility index (Phi) is 3.47. The molecule has 0 saturated heterocycles. The third-order valence-electron chi connectivity index (χ3n) is 1.22. The molecule has 0 aromatic heterocycles. The van der Waals surface area contributed by atoms with Gasteiger partial charge in [-0.25, -0.2) is 13.6 Å². The molecule has 0 saturated carbocycles. The van der Waals surface area contributed by atoms with Gasteiger partial charge >= 0.3 is 5.97 Å². The van der Waals surface area contributed by atoms with E-state index in [1.54, 1.807) is 6.92 Å². The quantitative estimate of drug-likeness (QED) is 0.612. The second-order valence-electron chi connectivity index (χ2n) is 2.20. The van der Waals surface area contributed by atoms with E-state index >= 15 is 0 Å². The highest BCUT2D eigenvalue weighted by atomic mass is 32.2. The molecule has 0 bridgehead atoms. The molecule has 0 aliphatic carbocycles. The Morgan fingerprint density at radius 1 is 1.64 bits per heavy atom. The molecule has 0 unspecified atom stereocenters. The van der Waals surface area contributed by atoms with Gasteiger partial charge in [0.15, 0.2) is 5.25 Å². The van der Waals surface area contributed by atoms with E-state index in [1.807, 2.05) is 0 Å². The van der Waals surface area contributed by atoms with Crippen molar-refractivity contribution in [2.75, 3.05) is 0 Å². The summed E-state index contributed by atoms with van der Waals surface area (Å²) < 4.78 is 21.1. The van der Waals surface area contributed by atoms with Crippen molar-refractivity contribution in [3.05, 3.63) is 0 Å². The number of sulfonamides is 1. The van der Waals surface area contributed by atoms with Crippen molar-refractivity contribution in [2.24, 2.45) is 5.14 Å². The van der Waals surface area contributed by atoms with Crippen LogP contribution in [0.2, 0.25) is 0 Å². The highest BCUT2D eigenvalue weighted by Crippen LogP contribution is 2.04. The summed E-state index contributed by atoms with van der Waals surface area (Å²) in [5.41, 5.74) is 0. The molecule has 5 nitrogen and oxygen atoms in total. The van der Waals surface area contributed by atoms with Crippen LogP contribution < -0.4 is 5.14 Å². The Hall–Kier alpha value is -0.620. The molecular formula is C5H11NO4S. The van der Waals surface area contributed by atoms with Crippen LogP contribution in [0, 0.1) is 0 Å². The summed E-state index contributed by atoms with van der Waals surface area (Å²) in [7, 11) is -3.93. The molecule has 0 heterocycles. The smallest absolute Gasteiger partial charge is 0.323 e. The fourth-order valence-electron chi connectivity index (χ4n) is 0.690. The second kappa shape index (κ2) is 3.68. The minimum absolute atomic E-state index is 0.0637. The van der Waals surface area contributed by atoms with Gasteiger partial charge in [-0.3, -0.25) is 4.79 Å². The first-order chi connectivity index (χ1) is 4.89. The van der Waals surface area contributed by atoms with E-state index in [-0.39, 0.29) is 6.42 Å². The molecule has 0 amide bonds. The summed E-state index contributed by atoms with van der Waals surface area (Å²) >= 11 is 0. The average Bonchev–Trinajstić information content (AvgIpc) is 1.79. The molecule has 6 heteroatoms. The number of hydrogen-bond donors (Lipinski definition) is 2. The van der Waals surface area contributed by atoms with Crippen LogP contribution in [0.15, 0.2) is 0 Å². The van der Waals surface area contributed by atoms with E-state index in [9.17, 15) is 13.2 Å². The molecule has 0 aliphatic heterocycles.